The minimum atomic E-state index is -4.91. The Hall–Kier alpha value is -2.32. The summed E-state index contributed by atoms with van der Waals surface area (Å²) in [6, 6.07) is 12.1. The lowest BCUT2D eigenvalue weighted by Gasteiger charge is -2.24. The van der Waals surface area contributed by atoms with Gasteiger partial charge in [-0.2, -0.15) is 8.78 Å². The van der Waals surface area contributed by atoms with Crippen molar-refractivity contribution in [2.24, 2.45) is 0 Å². The van der Waals surface area contributed by atoms with Gasteiger partial charge in [-0.15, -0.1) is 0 Å². The molecule has 26 heavy (non-hydrogen) atoms. The first kappa shape index (κ1) is 18.5. The molecule has 2 aromatic carbocycles. The van der Waals surface area contributed by atoms with Crippen LogP contribution in [0.25, 0.3) is 0 Å². The van der Waals surface area contributed by atoms with E-state index in [1.54, 1.807) is 12.1 Å². The molecule has 3 rings (SSSR count). The fourth-order valence-corrected chi connectivity index (χ4v) is 4.10. The summed E-state index contributed by atoms with van der Waals surface area (Å²) in [7, 11) is -4.91. The molecule has 0 fully saturated rings. The number of aliphatic hydroxyl groups is 1. The van der Waals surface area contributed by atoms with Crippen LogP contribution in [0.3, 0.4) is 0 Å². The first-order valence-corrected chi connectivity index (χ1v) is 9.50. The molecule has 0 spiro atoms. The molecule has 5 nitrogen and oxygen atoms in total. The zero-order valence-corrected chi connectivity index (χ0v) is 14.5. The molecule has 0 heterocycles. The van der Waals surface area contributed by atoms with Crippen molar-refractivity contribution in [3.8, 4) is 0 Å². The number of alkyl halides is 2. The maximum absolute atomic E-state index is 12.8. The van der Waals surface area contributed by atoms with Crippen molar-refractivity contribution in [1.82, 2.24) is 5.32 Å². The average molecular weight is 381 g/mol. The van der Waals surface area contributed by atoms with Gasteiger partial charge in [0.05, 0.1) is 17.0 Å². The number of fused-ring (bicyclic) bond motifs is 1. The van der Waals surface area contributed by atoms with Gasteiger partial charge >= 0.3 is 5.76 Å². The second kappa shape index (κ2) is 6.77. The van der Waals surface area contributed by atoms with Crippen LogP contribution in [-0.2, 0) is 21.9 Å². The van der Waals surface area contributed by atoms with Crippen LogP contribution >= 0.6 is 0 Å². The molecule has 1 atom stereocenters. The van der Waals surface area contributed by atoms with E-state index in [0.717, 1.165) is 17.7 Å². The average Bonchev–Trinajstić information content (AvgIpc) is 2.97. The molecule has 0 radical (unpaired) electrons. The molecular weight excluding hydrogens is 364 g/mol. The van der Waals surface area contributed by atoms with E-state index in [-0.39, 0.29) is 12.1 Å². The first-order chi connectivity index (χ1) is 12.3. The Kier molecular flexibility index (Phi) is 4.81. The number of carbonyl (C=O) groups excluding carboxylic acids is 1. The minimum absolute atomic E-state index is 0.147. The SMILES string of the molecule is O=C(NC[C@@]1(O)CCc2ccccc21)c1ccccc1S(=O)(=O)C(F)F. The van der Waals surface area contributed by atoms with Crippen molar-refractivity contribution < 1.29 is 27.1 Å². The van der Waals surface area contributed by atoms with Crippen molar-refractivity contribution in [1.29, 1.82) is 0 Å². The van der Waals surface area contributed by atoms with Gasteiger partial charge in [0.25, 0.3) is 5.91 Å². The number of benzene rings is 2. The van der Waals surface area contributed by atoms with E-state index < -0.39 is 32.0 Å². The lowest BCUT2D eigenvalue weighted by molar-refractivity contribution is 0.0369. The number of aryl methyl sites for hydroxylation is 1. The zero-order valence-electron chi connectivity index (χ0n) is 13.7. The van der Waals surface area contributed by atoms with E-state index in [0.29, 0.717) is 18.4 Å². The first-order valence-electron chi connectivity index (χ1n) is 7.96. The molecule has 1 aliphatic rings. The predicted molar refractivity (Wildman–Crippen MR) is 90.6 cm³/mol. The molecule has 138 valence electrons. The number of halogens is 2. The number of rotatable bonds is 5. The molecule has 0 aromatic heterocycles. The minimum Gasteiger partial charge on any atom is -0.383 e. The highest BCUT2D eigenvalue weighted by Crippen LogP contribution is 2.36. The number of nitrogens with one attached hydrogen (secondary N) is 1. The van der Waals surface area contributed by atoms with Crippen LogP contribution in [0.1, 0.15) is 27.9 Å². The maximum Gasteiger partial charge on any atom is 0.341 e. The van der Waals surface area contributed by atoms with Crippen molar-refractivity contribution in [3.63, 3.8) is 0 Å². The lowest BCUT2D eigenvalue weighted by Crippen LogP contribution is -2.39. The van der Waals surface area contributed by atoms with Gasteiger partial charge in [0.1, 0.15) is 5.60 Å². The van der Waals surface area contributed by atoms with E-state index in [2.05, 4.69) is 5.32 Å². The van der Waals surface area contributed by atoms with Crippen LogP contribution in [0.15, 0.2) is 53.4 Å². The molecule has 1 amide bonds. The lowest BCUT2D eigenvalue weighted by atomic mass is 9.96. The number of hydrogen-bond acceptors (Lipinski definition) is 4. The van der Waals surface area contributed by atoms with Crippen LogP contribution in [-0.4, -0.2) is 31.7 Å². The van der Waals surface area contributed by atoms with Gasteiger partial charge in [0.2, 0.25) is 9.84 Å². The van der Waals surface area contributed by atoms with Crippen molar-refractivity contribution in [2.75, 3.05) is 6.54 Å². The van der Waals surface area contributed by atoms with Crippen LogP contribution in [0.4, 0.5) is 8.78 Å². The van der Waals surface area contributed by atoms with Crippen LogP contribution < -0.4 is 5.32 Å². The highest BCUT2D eigenvalue weighted by atomic mass is 32.2. The third kappa shape index (κ3) is 3.22. The smallest absolute Gasteiger partial charge is 0.341 e. The summed E-state index contributed by atoms with van der Waals surface area (Å²) in [6.45, 7) is -0.147. The van der Waals surface area contributed by atoms with Gasteiger partial charge in [0, 0.05) is 0 Å². The summed E-state index contributed by atoms with van der Waals surface area (Å²) in [5.74, 6) is -4.45. The molecule has 0 saturated carbocycles. The second-order valence-electron chi connectivity index (χ2n) is 6.17. The van der Waals surface area contributed by atoms with Crippen LogP contribution in [0.5, 0.6) is 0 Å². The van der Waals surface area contributed by atoms with Gasteiger partial charge in [-0.25, -0.2) is 8.42 Å². The Bertz CT molecular complexity index is 946. The molecule has 2 N–H and O–H groups in total. The van der Waals surface area contributed by atoms with E-state index in [9.17, 15) is 27.1 Å². The van der Waals surface area contributed by atoms with Gasteiger partial charge in [-0.05, 0) is 36.1 Å². The summed E-state index contributed by atoms with van der Waals surface area (Å²) in [6.07, 6.45) is 1.06. The van der Waals surface area contributed by atoms with E-state index >= 15 is 0 Å². The molecular formula is C18H17F2NO4S. The third-order valence-corrected chi connectivity index (χ3v) is 5.98. The number of sulfone groups is 1. The van der Waals surface area contributed by atoms with Crippen LogP contribution in [0, 0.1) is 0 Å². The number of hydrogen-bond donors (Lipinski definition) is 2. The summed E-state index contributed by atoms with van der Waals surface area (Å²) >= 11 is 0. The summed E-state index contributed by atoms with van der Waals surface area (Å²) in [4.78, 5) is 11.7. The molecule has 1 aliphatic carbocycles. The Morgan fingerprint density at radius 3 is 2.54 bits per heavy atom. The highest BCUT2D eigenvalue weighted by molar-refractivity contribution is 7.91. The van der Waals surface area contributed by atoms with E-state index in [1.165, 1.54) is 12.1 Å². The topological polar surface area (TPSA) is 83.5 Å². The van der Waals surface area contributed by atoms with E-state index in [4.69, 9.17) is 0 Å². The number of amides is 1. The zero-order chi connectivity index (χ0) is 18.9. The monoisotopic (exact) mass is 381 g/mol. The Morgan fingerprint density at radius 2 is 1.81 bits per heavy atom. The van der Waals surface area contributed by atoms with E-state index in [1.807, 2.05) is 12.1 Å². The van der Waals surface area contributed by atoms with Gasteiger partial charge < -0.3 is 10.4 Å². The summed E-state index contributed by atoms with van der Waals surface area (Å²) in [5.41, 5.74) is 0.0318. The largest absolute Gasteiger partial charge is 0.383 e. The molecule has 8 heteroatoms. The predicted octanol–water partition coefficient (Wildman–Crippen LogP) is 2.25. The van der Waals surface area contributed by atoms with Gasteiger partial charge in [-0.3, -0.25) is 4.79 Å². The van der Waals surface area contributed by atoms with Crippen molar-refractivity contribution >= 4 is 15.7 Å². The normalized spacial score (nSPS) is 19.4. The molecule has 0 aliphatic heterocycles. The molecule has 0 saturated heterocycles. The van der Waals surface area contributed by atoms with Crippen molar-refractivity contribution in [2.45, 2.75) is 29.1 Å². The van der Waals surface area contributed by atoms with Crippen molar-refractivity contribution in [3.05, 3.63) is 65.2 Å². The fourth-order valence-electron chi connectivity index (χ4n) is 3.17. The van der Waals surface area contributed by atoms with Crippen LogP contribution in [0.2, 0.25) is 0 Å². The molecule has 0 unspecified atom stereocenters. The van der Waals surface area contributed by atoms with Gasteiger partial charge in [-0.1, -0.05) is 36.4 Å². The second-order valence-corrected chi connectivity index (χ2v) is 8.06. The Labute approximate surface area is 149 Å². The maximum atomic E-state index is 12.8. The Balaban J connectivity index is 1.83. The van der Waals surface area contributed by atoms with Gasteiger partial charge in [0.15, 0.2) is 0 Å². The molecule has 0 bridgehead atoms. The Morgan fingerprint density at radius 1 is 1.15 bits per heavy atom. The summed E-state index contributed by atoms with van der Waals surface area (Å²) in [5, 5.41) is 13.3. The highest BCUT2D eigenvalue weighted by Gasteiger charge is 2.37. The molecule has 2 aromatic rings. The standard InChI is InChI=1S/C18H17F2NO4S/c19-17(20)26(24,25)15-8-4-2-6-13(15)16(22)21-11-18(23)10-9-12-5-1-3-7-14(12)18/h1-8,17,23H,9-11H2,(H,21,22)/t18-/m0/s1. The summed E-state index contributed by atoms with van der Waals surface area (Å²) < 4.78 is 49.2. The quantitative estimate of drug-likeness (QED) is 0.832. The third-order valence-electron chi connectivity index (χ3n) is 4.54. The fraction of sp³-hybridized carbons (Fsp3) is 0.278. The number of carbonyl (C=O) groups is 1.